The van der Waals surface area contributed by atoms with Crippen molar-refractivity contribution in [3.8, 4) is 0 Å². The zero-order valence-electron chi connectivity index (χ0n) is 18.4. The van der Waals surface area contributed by atoms with E-state index < -0.39 is 36.8 Å². The first-order chi connectivity index (χ1) is 15.5. The van der Waals surface area contributed by atoms with E-state index in [1.165, 1.54) is 37.4 Å². The van der Waals surface area contributed by atoms with Gasteiger partial charge in [-0.25, -0.2) is 16.8 Å². The van der Waals surface area contributed by atoms with Crippen molar-refractivity contribution in [3.05, 3.63) is 59.7 Å². The fourth-order valence-corrected chi connectivity index (χ4v) is 6.49. The van der Waals surface area contributed by atoms with Crippen LogP contribution in [0, 0.1) is 6.92 Å². The van der Waals surface area contributed by atoms with E-state index in [2.05, 4.69) is 10.0 Å². The molecule has 0 saturated carbocycles. The van der Waals surface area contributed by atoms with E-state index in [4.69, 9.17) is 0 Å². The van der Waals surface area contributed by atoms with Crippen LogP contribution in [0.4, 0.5) is 5.69 Å². The molecule has 178 valence electrons. The number of sulfonamides is 1. The smallest absolute Gasteiger partial charge is 0.261 e. The highest BCUT2D eigenvalue weighted by Gasteiger charge is 2.33. The molecule has 0 spiro atoms. The molecule has 1 aliphatic rings. The van der Waals surface area contributed by atoms with Crippen LogP contribution in [0.1, 0.15) is 28.8 Å². The lowest BCUT2D eigenvalue weighted by molar-refractivity contribution is -0.118. The number of hydrogen-bond acceptors (Lipinski definition) is 6. The Labute approximate surface area is 194 Å². The summed E-state index contributed by atoms with van der Waals surface area (Å²) in [6, 6.07) is 12.6. The predicted octanol–water partition coefficient (Wildman–Crippen LogP) is 1.56. The van der Waals surface area contributed by atoms with Crippen molar-refractivity contribution in [3.63, 3.8) is 0 Å². The number of carbonyl (C=O) groups is 2. The summed E-state index contributed by atoms with van der Waals surface area (Å²) < 4.78 is 52.3. The first kappa shape index (κ1) is 24.7. The summed E-state index contributed by atoms with van der Waals surface area (Å²) in [6.07, 6.45) is 0.527. The third-order valence-corrected chi connectivity index (χ3v) is 9.06. The van der Waals surface area contributed by atoms with Crippen molar-refractivity contribution < 1.29 is 26.4 Å². The summed E-state index contributed by atoms with van der Waals surface area (Å²) in [7, 11) is -5.94. The van der Waals surface area contributed by atoms with Gasteiger partial charge in [0.05, 0.1) is 10.1 Å². The molecule has 2 aromatic carbocycles. The Balaban J connectivity index is 1.61. The molecule has 1 aliphatic heterocycles. The molecular weight excluding hydrogens is 466 g/mol. The lowest BCUT2D eigenvalue weighted by Gasteiger charge is -2.31. The monoisotopic (exact) mass is 493 g/mol. The van der Waals surface area contributed by atoms with Crippen molar-refractivity contribution >= 4 is 37.4 Å². The van der Waals surface area contributed by atoms with E-state index in [9.17, 15) is 26.4 Å². The van der Waals surface area contributed by atoms with E-state index in [1.54, 1.807) is 30.0 Å². The zero-order chi connectivity index (χ0) is 24.2. The first-order valence-electron chi connectivity index (χ1n) is 10.4. The molecule has 2 amide bonds. The van der Waals surface area contributed by atoms with Crippen LogP contribution in [0.3, 0.4) is 0 Å². The van der Waals surface area contributed by atoms with Crippen molar-refractivity contribution in [2.24, 2.45) is 0 Å². The van der Waals surface area contributed by atoms with Gasteiger partial charge in [0.25, 0.3) is 15.9 Å². The first-order valence-corrected chi connectivity index (χ1v) is 13.6. The molecular formula is C22H27N3O6S2. The van der Waals surface area contributed by atoms with Gasteiger partial charge in [0, 0.05) is 31.4 Å². The number of nitrogens with one attached hydrogen (secondary N) is 2. The fourth-order valence-electron chi connectivity index (χ4n) is 3.65. The van der Waals surface area contributed by atoms with Crippen molar-refractivity contribution in [1.29, 1.82) is 0 Å². The van der Waals surface area contributed by atoms with E-state index in [1.807, 2.05) is 0 Å². The minimum absolute atomic E-state index is 0.150. The third kappa shape index (κ3) is 6.11. The molecule has 0 aromatic heterocycles. The molecule has 1 fully saturated rings. The highest BCUT2D eigenvalue weighted by Crippen LogP contribution is 2.22. The number of anilines is 1. The van der Waals surface area contributed by atoms with Gasteiger partial charge >= 0.3 is 0 Å². The fraction of sp³-hybridized carbons (Fsp3) is 0.364. The molecule has 0 unspecified atom stereocenters. The summed E-state index contributed by atoms with van der Waals surface area (Å²) >= 11 is 0. The van der Waals surface area contributed by atoms with Gasteiger partial charge in [0.2, 0.25) is 5.91 Å². The van der Waals surface area contributed by atoms with Crippen LogP contribution in [0.2, 0.25) is 0 Å². The molecule has 2 aromatic rings. The summed E-state index contributed by atoms with van der Waals surface area (Å²) in [5, 5.41) is 1.66. The minimum Gasteiger partial charge on any atom is -0.358 e. The van der Waals surface area contributed by atoms with E-state index in [0.29, 0.717) is 11.3 Å². The molecule has 1 saturated heterocycles. The Morgan fingerprint density at radius 1 is 1.00 bits per heavy atom. The van der Waals surface area contributed by atoms with Crippen molar-refractivity contribution in [2.75, 3.05) is 30.6 Å². The standard InChI is InChI=1S/C22H27N3O6S2/c1-16-4-3-5-20(14-16)33(30,31)24-18-8-6-17(7-9-18)22(27)25-12-10-19(11-13-25)32(28,29)15-21(26)23-2/h3-9,14,19,24H,10-13,15H2,1-2H3,(H,23,26). The van der Waals surface area contributed by atoms with Gasteiger partial charge in [0.1, 0.15) is 5.75 Å². The molecule has 2 N–H and O–H groups in total. The average Bonchev–Trinajstić information content (AvgIpc) is 2.78. The van der Waals surface area contributed by atoms with Crippen LogP contribution in [0.5, 0.6) is 0 Å². The zero-order valence-corrected chi connectivity index (χ0v) is 20.1. The van der Waals surface area contributed by atoms with Gasteiger partial charge < -0.3 is 10.2 Å². The van der Waals surface area contributed by atoms with Crippen LogP contribution >= 0.6 is 0 Å². The van der Waals surface area contributed by atoms with Crippen LogP contribution in [0.15, 0.2) is 53.4 Å². The number of hydrogen-bond donors (Lipinski definition) is 2. The Kier molecular flexibility index (Phi) is 7.43. The van der Waals surface area contributed by atoms with Gasteiger partial charge in [-0.1, -0.05) is 12.1 Å². The molecule has 0 bridgehead atoms. The van der Waals surface area contributed by atoms with E-state index in [0.717, 1.165) is 5.56 Å². The van der Waals surface area contributed by atoms with Gasteiger partial charge in [-0.15, -0.1) is 0 Å². The summed E-state index contributed by atoms with van der Waals surface area (Å²) in [4.78, 5) is 26.0. The van der Waals surface area contributed by atoms with E-state index in [-0.39, 0.29) is 36.7 Å². The topological polar surface area (TPSA) is 130 Å². The maximum Gasteiger partial charge on any atom is 0.261 e. The second kappa shape index (κ2) is 9.92. The third-order valence-electron chi connectivity index (χ3n) is 5.53. The maximum absolute atomic E-state index is 12.8. The predicted molar refractivity (Wildman–Crippen MR) is 125 cm³/mol. The highest BCUT2D eigenvalue weighted by atomic mass is 32.2. The molecule has 3 rings (SSSR count). The molecule has 0 radical (unpaired) electrons. The largest absolute Gasteiger partial charge is 0.358 e. The lowest BCUT2D eigenvalue weighted by Crippen LogP contribution is -2.44. The molecule has 9 nitrogen and oxygen atoms in total. The number of piperidine rings is 1. The average molecular weight is 494 g/mol. The second-order valence-corrected chi connectivity index (χ2v) is 11.9. The van der Waals surface area contributed by atoms with Gasteiger partial charge in [-0.2, -0.15) is 0 Å². The molecule has 0 aliphatic carbocycles. The van der Waals surface area contributed by atoms with Crippen LogP contribution in [-0.2, 0) is 24.7 Å². The van der Waals surface area contributed by atoms with Crippen LogP contribution < -0.4 is 10.0 Å². The van der Waals surface area contributed by atoms with Crippen molar-refractivity contribution in [1.82, 2.24) is 10.2 Å². The van der Waals surface area contributed by atoms with Crippen LogP contribution in [-0.4, -0.2) is 64.7 Å². The van der Waals surface area contributed by atoms with Gasteiger partial charge in [-0.3, -0.25) is 14.3 Å². The molecule has 33 heavy (non-hydrogen) atoms. The Morgan fingerprint density at radius 3 is 2.21 bits per heavy atom. The van der Waals surface area contributed by atoms with Gasteiger partial charge in [-0.05, 0) is 61.7 Å². The maximum atomic E-state index is 12.8. The number of benzene rings is 2. The molecule has 11 heteroatoms. The number of rotatable bonds is 7. The normalized spacial score (nSPS) is 15.2. The summed E-state index contributed by atoms with van der Waals surface area (Å²) in [5.74, 6) is -1.36. The Hall–Kier alpha value is -2.92. The van der Waals surface area contributed by atoms with Crippen molar-refractivity contribution in [2.45, 2.75) is 29.9 Å². The minimum atomic E-state index is -3.75. The van der Waals surface area contributed by atoms with E-state index >= 15 is 0 Å². The quantitative estimate of drug-likeness (QED) is 0.602. The number of sulfone groups is 1. The SMILES string of the molecule is CNC(=O)CS(=O)(=O)C1CCN(C(=O)c2ccc(NS(=O)(=O)c3cccc(C)c3)cc2)CC1. The second-order valence-electron chi connectivity index (χ2n) is 7.97. The number of aryl methyl sites for hydroxylation is 1. The summed E-state index contributed by atoms with van der Waals surface area (Å²) in [6.45, 7) is 2.33. The number of carbonyl (C=O) groups excluding carboxylic acids is 2. The Morgan fingerprint density at radius 2 is 1.64 bits per heavy atom. The van der Waals surface area contributed by atoms with Gasteiger partial charge in [0.15, 0.2) is 9.84 Å². The number of nitrogens with zero attached hydrogens (tertiary/aromatic N) is 1. The highest BCUT2D eigenvalue weighted by molar-refractivity contribution is 7.93. The Bertz CT molecular complexity index is 1230. The number of likely N-dealkylation sites (tertiary alicyclic amines) is 1. The molecule has 1 heterocycles. The lowest BCUT2D eigenvalue weighted by atomic mass is 10.1. The number of amides is 2. The molecule has 0 atom stereocenters. The van der Waals surface area contributed by atoms with Crippen LogP contribution in [0.25, 0.3) is 0 Å². The summed E-state index contributed by atoms with van der Waals surface area (Å²) in [5.41, 5.74) is 1.52.